The third-order valence-electron chi connectivity index (χ3n) is 4.56. The Morgan fingerprint density at radius 1 is 1.41 bits per heavy atom. The van der Waals surface area contributed by atoms with Gasteiger partial charge in [-0.2, -0.15) is 5.10 Å². The van der Waals surface area contributed by atoms with Gasteiger partial charge in [0, 0.05) is 24.8 Å². The van der Waals surface area contributed by atoms with Crippen molar-refractivity contribution in [3.63, 3.8) is 0 Å². The van der Waals surface area contributed by atoms with Crippen LogP contribution in [-0.2, 0) is 13.1 Å². The first-order valence-corrected chi connectivity index (χ1v) is 8.97. The number of hydrogen-bond donors (Lipinski definition) is 2. The molecule has 1 atom stereocenters. The van der Waals surface area contributed by atoms with E-state index >= 15 is 0 Å². The largest absolute Gasteiger partial charge is 0.346 e. The molecule has 0 unspecified atom stereocenters. The Labute approximate surface area is 156 Å². The summed E-state index contributed by atoms with van der Waals surface area (Å²) in [5.41, 5.74) is 1.14. The van der Waals surface area contributed by atoms with Gasteiger partial charge in [-0.15, -0.1) is 5.10 Å². The molecular weight excluding hydrogens is 346 g/mol. The number of rotatable bonds is 6. The highest BCUT2D eigenvalue weighted by Crippen LogP contribution is 2.12. The number of carbonyl (C=O) groups is 1. The minimum Gasteiger partial charge on any atom is -0.346 e. The summed E-state index contributed by atoms with van der Waals surface area (Å²) >= 11 is 0. The van der Waals surface area contributed by atoms with Crippen molar-refractivity contribution in [2.75, 3.05) is 13.1 Å². The molecule has 140 valence electrons. The standard InChI is InChI=1S/C17H21N9O/c27-17(15-10-25(24-23-15)9-13-3-1-5-18-7-13)21-8-14-4-2-6-20-16(14)26-12-19-11-22-26/h2,4,6,10-13,18H,1,3,5,7-9H2,(H,21,27)/t13-/m0/s1. The van der Waals surface area contributed by atoms with Gasteiger partial charge >= 0.3 is 0 Å². The van der Waals surface area contributed by atoms with Crippen molar-refractivity contribution in [1.29, 1.82) is 0 Å². The quantitative estimate of drug-likeness (QED) is 0.639. The molecule has 1 fully saturated rings. The second-order valence-corrected chi connectivity index (χ2v) is 6.55. The number of carbonyl (C=O) groups excluding carboxylic acids is 1. The van der Waals surface area contributed by atoms with Gasteiger partial charge in [0.2, 0.25) is 0 Å². The van der Waals surface area contributed by atoms with E-state index in [-0.39, 0.29) is 5.91 Å². The van der Waals surface area contributed by atoms with Crippen LogP contribution in [0.3, 0.4) is 0 Å². The zero-order valence-electron chi connectivity index (χ0n) is 14.8. The molecular formula is C17H21N9O. The van der Waals surface area contributed by atoms with Crippen LogP contribution < -0.4 is 10.6 Å². The average Bonchev–Trinajstić information content (AvgIpc) is 3.39. The molecule has 27 heavy (non-hydrogen) atoms. The monoisotopic (exact) mass is 367 g/mol. The number of amides is 1. The lowest BCUT2D eigenvalue weighted by Crippen LogP contribution is -2.32. The predicted octanol–water partition coefficient (Wildman–Crippen LogP) is 0.183. The van der Waals surface area contributed by atoms with Crippen molar-refractivity contribution in [1.82, 2.24) is 45.4 Å². The van der Waals surface area contributed by atoms with E-state index in [2.05, 4.69) is 36.0 Å². The zero-order chi connectivity index (χ0) is 18.5. The van der Waals surface area contributed by atoms with Crippen molar-refractivity contribution in [2.45, 2.75) is 25.9 Å². The number of nitrogens with one attached hydrogen (secondary N) is 2. The maximum atomic E-state index is 12.4. The number of hydrogen-bond acceptors (Lipinski definition) is 7. The highest BCUT2D eigenvalue weighted by atomic mass is 16.2. The van der Waals surface area contributed by atoms with E-state index in [1.165, 1.54) is 19.2 Å². The van der Waals surface area contributed by atoms with Gasteiger partial charge in [-0.1, -0.05) is 11.3 Å². The second-order valence-electron chi connectivity index (χ2n) is 6.55. The Kier molecular flexibility index (Phi) is 5.15. The van der Waals surface area contributed by atoms with Crippen LogP contribution in [0.1, 0.15) is 28.9 Å². The molecule has 10 nitrogen and oxygen atoms in total. The lowest BCUT2D eigenvalue weighted by atomic mass is 10.00. The van der Waals surface area contributed by atoms with E-state index in [9.17, 15) is 4.79 Å². The minimum atomic E-state index is -0.267. The maximum absolute atomic E-state index is 12.4. The predicted molar refractivity (Wildman–Crippen MR) is 95.9 cm³/mol. The van der Waals surface area contributed by atoms with E-state index in [0.717, 1.165) is 25.2 Å². The van der Waals surface area contributed by atoms with Gasteiger partial charge in [-0.3, -0.25) is 9.48 Å². The van der Waals surface area contributed by atoms with Crippen LogP contribution in [-0.4, -0.2) is 53.7 Å². The molecule has 2 N–H and O–H groups in total. The number of piperidine rings is 1. The van der Waals surface area contributed by atoms with Gasteiger partial charge in [0.25, 0.3) is 5.91 Å². The van der Waals surface area contributed by atoms with Crippen molar-refractivity contribution >= 4 is 5.91 Å². The molecule has 4 heterocycles. The molecule has 4 rings (SSSR count). The van der Waals surface area contributed by atoms with Crippen molar-refractivity contribution in [2.24, 2.45) is 5.92 Å². The Balaban J connectivity index is 1.38. The molecule has 0 saturated carbocycles. The number of pyridine rings is 1. The topological polar surface area (TPSA) is 115 Å². The fourth-order valence-corrected chi connectivity index (χ4v) is 3.19. The van der Waals surface area contributed by atoms with Crippen LogP contribution in [0.4, 0.5) is 0 Å². The molecule has 1 amide bonds. The first kappa shape index (κ1) is 17.3. The number of nitrogens with zero attached hydrogens (tertiary/aromatic N) is 7. The van der Waals surface area contributed by atoms with Crippen LogP contribution in [0.5, 0.6) is 0 Å². The Bertz CT molecular complexity index is 883. The first-order chi connectivity index (χ1) is 13.3. The van der Waals surface area contributed by atoms with Crippen LogP contribution in [0.25, 0.3) is 5.82 Å². The fourth-order valence-electron chi connectivity index (χ4n) is 3.19. The van der Waals surface area contributed by atoms with Gasteiger partial charge in [0.1, 0.15) is 12.7 Å². The van der Waals surface area contributed by atoms with Crippen molar-refractivity contribution < 1.29 is 4.79 Å². The highest BCUT2D eigenvalue weighted by Gasteiger charge is 2.17. The summed E-state index contributed by atoms with van der Waals surface area (Å²) in [6.45, 7) is 3.13. The van der Waals surface area contributed by atoms with Crippen LogP contribution in [0.2, 0.25) is 0 Å². The van der Waals surface area contributed by atoms with Crippen molar-refractivity contribution in [3.8, 4) is 5.82 Å². The Morgan fingerprint density at radius 2 is 2.37 bits per heavy atom. The molecule has 3 aromatic heterocycles. The molecule has 0 radical (unpaired) electrons. The molecule has 0 bridgehead atoms. The Hall–Kier alpha value is -3.14. The lowest BCUT2D eigenvalue weighted by molar-refractivity contribution is 0.0945. The molecule has 1 saturated heterocycles. The summed E-state index contributed by atoms with van der Waals surface area (Å²) in [7, 11) is 0. The van der Waals surface area contributed by atoms with Gasteiger partial charge in [0.15, 0.2) is 11.5 Å². The maximum Gasteiger partial charge on any atom is 0.273 e. The summed E-state index contributed by atoms with van der Waals surface area (Å²) in [6.07, 6.45) is 8.72. The molecule has 0 aromatic carbocycles. The highest BCUT2D eigenvalue weighted by molar-refractivity contribution is 5.91. The zero-order valence-corrected chi connectivity index (χ0v) is 14.8. The Morgan fingerprint density at radius 3 is 3.19 bits per heavy atom. The van der Waals surface area contributed by atoms with Crippen LogP contribution in [0.15, 0.2) is 37.2 Å². The second kappa shape index (κ2) is 8.04. The number of aromatic nitrogens is 7. The van der Waals surface area contributed by atoms with E-state index in [1.54, 1.807) is 28.1 Å². The smallest absolute Gasteiger partial charge is 0.273 e. The van der Waals surface area contributed by atoms with E-state index in [0.29, 0.717) is 24.0 Å². The van der Waals surface area contributed by atoms with E-state index < -0.39 is 0 Å². The third-order valence-corrected chi connectivity index (χ3v) is 4.56. The summed E-state index contributed by atoms with van der Waals surface area (Å²) < 4.78 is 3.31. The molecule has 1 aliphatic heterocycles. The first-order valence-electron chi connectivity index (χ1n) is 8.97. The molecule has 3 aromatic rings. The molecule has 10 heteroatoms. The molecule has 1 aliphatic rings. The SMILES string of the molecule is O=C(NCc1cccnc1-n1cncn1)c1cn(C[C@H]2CCCNC2)nn1. The van der Waals surface area contributed by atoms with Crippen LogP contribution >= 0.6 is 0 Å². The van der Waals surface area contributed by atoms with Crippen molar-refractivity contribution in [3.05, 3.63) is 48.4 Å². The normalized spacial score (nSPS) is 17.0. The van der Waals surface area contributed by atoms with E-state index in [1.807, 2.05) is 12.1 Å². The van der Waals surface area contributed by atoms with Gasteiger partial charge < -0.3 is 10.6 Å². The minimum absolute atomic E-state index is 0.267. The van der Waals surface area contributed by atoms with Gasteiger partial charge in [-0.05, 0) is 37.9 Å². The summed E-state index contributed by atoms with van der Waals surface area (Å²) in [5.74, 6) is 0.886. The average molecular weight is 367 g/mol. The summed E-state index contributed by atoms with van der Waals surface area (Å²) in [5, 5.41) is 18.4. The van der Waals surface area contributed by atoms with Gasteiger partial charge in [0.05, 0.1) is 6.20 Å². The van der Waals surface area contributed by atoms with E-state index in [4.69, 9.17) is 0 Å². The molecule has 0 aliphatic carbocycles. The molecule has 0 spiro atoms. The van der Waals surface area contributed by atoms with Crippen LogP contribution in [0, 0.1) is 5.92 Å². The third kappa shape index (κ3) is 4.17. The summed E-state index contributed by atoms with van der Waals surface area (Å²) in [6, 6.07) is 3.70. The fraction of sp³-hybridized carbons (Fsp3) is 0.412. The van der Waals surface area contributed by atoms with Gasteiger partial charge in [-0.25, -0.2) is 14.6 Å². The lowest BCUT2D eigenvalue weighted by Gasteiger charge is -2.22. The summed E-state index contributed by atoms with van der Waals surface area (Å²) in [4.78, 5) is 20.7.